The molecule has 3 rings (SSSR count). The van der Waals surface area contributed by atoms with E-state index in [1.165, 1.54) is 41.3 Å². The monoisotopic (exact) mass is 539 g/mol. The highest BCUT2D eigenvalue weighted by atomic mass is 32.2. The van der Waals surface area contributed by atoms with E-state index in [9.17, 15) is 22.4 Å². The first-order valence-electron chi connectivity index (χ1n) is 12.7. The molecule has 2 amide bonds. The fraction of sp³-hybridized carbons (Fsp3) is 0.310. The molecule has 0 radical (unpaired) electrons. The van der Waals surface area contributed by atoms with Crippen molar-refractivity contribution in [3.05, 3.63) is 95.8 Å². The molecular weight excluding hydrogens is 505 g/mol. The third kappa shape index (κ3) is 6.98. The largest absolute Gasteiger partial charge is 0.354 e. The Hall–Kier alpha value is -3.72. The molecule has 0 saturated carbocycles. The Balaban J connectivity index is 2.04. The zero-order valence-corrected chi connectivity index (χ0v) is 22.7. The summed E-state index contributed by atoms with van der Waals surface area (Å²) in [6.07, 6.45) is 1.28. The van der Waals surface area contributed by atoms with Crippen LogP contribution in [0.2, 0.25) is 0 Å². The number of carbonyl (C=O) groups excluding carboxylic acids is 2. The van der Waals surface area contributed by atoms with E-state index in [2.05, 4.69) is 5.32 Å². The highest BCUT2D eigenvalue weighted by Gasteiger charge is 2.33. The first-order chi connectivity index (χ1) is 18.2. The standard InChI is InChI=1S/C29H34FN3O4S/c1-4-19-31-29(35)22(3)32(20-23-15-17-25(30)18-16-23)28(34)21-33(27-14-10-9-11-24(27)5-2)38(36,37)26-12-7-6-8-13-26/h6-18,22H,4-5,19-21H2,1-3H3,(H,31,35)/t22-/m0/s1. The lowest BCUT2D eigenvalue weighted by atomic mass is 10.1. The second-order valence-electron chi connectivity index (χ2n) is 8.92. The quantitative estimate of drug-likeness (QED) is 0.367. The summed E-state index contributed by atoms with van der Waals surface area (Å²) in [5.74, 6) is -1.33. The molecule has 0 unspecified atom stereocenters. The maximum Gasteiger partial charge on any atom is 0.264 e. The van der Waals surface area contributed by atoms with Gasteiger partial charge in [-0.3, -0.25) is 13.9 Å². The third-order valence-electron chi connectivity index (χ3n) is 6.23. The number of nitrogens with zero attached hydrogens (tertiary/aromatic N) is 2. The highest BCUT2D eigenvalue weighted by molar-refractivity contribution is 7.92. The summed E-state index contributed by atoms with van der Waals surface area (Å²) in [4.78, 5) is 28.1. The van der Waals surface area contributed by atoms with Crippen molar-refractivity contribution in [2.75, 3.05) is 17.4 Å². The minimum atomic E-state index is -4.12. The predicted molar refractivity (Wildman–Crippen MR) is 147 cm³/mol. The fourth-order valence-corrected chi connectivity index (χ4v) is 5.52. The Bertz CT molecular complexity index is 1330. The molecule has 202 valence electrons. The Labute approximate surface area is 224 Å². The number of nitrogens with one attached hydrogen (secondary N) is 1. The highest BCUT2D eigenvalue weighted by Crippen LogP contribution is 2.28. The lowest BCUT2D eigenvalue weighted by Gasteiger charge is -2.32. The third-order valence-corrected chi connectivity index (χ3v) is 8.01. The molecule has 0 aliphatic heterocycles. The molecule has 0 aromatic heterocycles. The number of para-hydroxylation sites is 1. The van der Waals surface area contributed by atoms with Gasteiger partial charge in [-0.1, -0.05) is 62.4 Å². The van der Waals surface area contributed by atoms with E-state index in [1.54, 1.807) is 37.3 Å². The summed E-state index contributed by atoms with van der Waals surface area (Å²) in [5.41, 5.74) is 1.77. The van der Waals surface area contributed by atoms with Crippen molar-refractivity contribution >= 4 is 27.5 Å². The van der Waals surface area contributed by atoms with Gasteiger partial charge in [0.1, 0.15) is 18.4 Å². The zero-order chi connectivity index (χ0) is 27.7. The topological polar surface area (TPSA) is 86.8 Å². The summed E-state index contributed by atoms with van der Waals surface area (Å²) < 4.78 is 42.3. The van der Waals surface area contributed by atoms with Crippen LogP contribution in [0.1, 0.15) is 38.3 Å². The van der Waals surface area contributed by atoms with E-state index in [-0.39, 0.29) is 17.3 Å². The van der Waals surface area contributed by atoms with Crippen LogP contribution in [0.4, 0.5) is 10.1 Å². The van der Waals surface area contributed by atoms with Crippen LogP contribution in [0.15, 0.2) is 83.8 Å². The molecule has 0 bridgehead atoms. The van der Waals surface area contributed by atoms with Gasteiger partial charge in [-0.05, 0) is 61.2 Å². The average molecular weight is 540 g/mol. The minimum absolute atomic E-state index is 0.00841. The van der Waals surface area contributed by atoms with E-state index in [1.807, 2.05) is 26.0 Å². The maximum atomic E-state index is 13.9. The van der Waals surface area contributed by atoms with Crippen LogP contribution in [0.3, 0.4) is 0 Å². The van der Waals surface area contributed by atoms with E-state index in [0.29, 0.717) is 24.2 Å². The minimum Gasteiger partial charge on any atom is -0.354 e. The SMILES string of the molecule is CCCNC(=O)[C@H](C)N(Cc1ccc(F)cc1)C(=O)CN(c1ccccc1CC)S(=O)(=O)c1ccccc1. The molecule has 1 atom stereocenters. The number of halogens is 1. The number of amides is 2. The normalized spacial score (nSPS) is 12.0. The average Bonchev–Trinajstić information content (AvgIpc) is 2.94. The molecule has 9 heteroatoms. The van der Waals surface area contributed by atoms with Gasteiger partial charge in [0, 0.05) is 13.1 Å². The second kappa shape index (κ2) is 13.2. The van der Waals surface area contributed by atoms with E-state index in [4.69, 9.17) is 0 Å². The fourth-order valence-electron chi connectivity index (χ4n) is 4.05. The number of hydrogen-bond acceptors (Lipinski definition) is 4. The first-order valence-corrected chi connectivity index (χ1v) is 14.1. The van der Waals surface area contributed by atoms with Crippen LogP contribution in [-0.4, -0.2) is 44.3 Å². The van der Waals surface area contributed by atoms with Crippen LogP contribution in [0.25, 0.3) is 0 Å². The van der Waals surface area contributed by atoms with Crippen molar-refractivity contribution in [1.29, 1.82) is 0 Å². The van der Waals surface area contributed by atoms with Crippen molar-refractivity contribution in [3.63, 3.8) is 0 Å². The molecule has 1 N–H and O–H groups in total. The van der Waals surface area contributed by atoms with Crippen molar-refractivity contribution in [1.82, 2.24) is 10.2 Å². The van der Waals surface area contributed by atoms with Crippen LogP contribution in [-0.2, 0) is 32.6 Å². The Kier molecular flexibility index (Phi) is 10.0. The molecule has 3 aromatic carbocycles. The number of sulfonamides is 1. The number of anilines is 1. The Morgan fingerprint density at radius 3 is 2.18 bits per heavy atom. The van der Waals surface area contributed by atoms with Gasteiger partial charge >= 0.3 is 0 Å². The first kappa shape index (κ1) is 28.8. The van der Waals surface area contributed by atoms with Crippen LogP contribution < -0.4 is 9.62 Å². The second-order valence-corrected chi connectivity index (χ2v) is 10.8. The van der Waals surface area contributed by atoms with Crippen molar-refractivity contribution < 1.29 is 22.4 Å². The molecule has 7 nitrogen and oxygen atoms in total. The number of aryl methyl sites for hydroxylation is 1. The lowest BCUT2D eigenvalue weighted by molar-refractivity contribution is -0.139. The van der Waals surface area contributed by atoms with Crippen molar-refractivity contribution in [2.24, 2.45) is 0 Å². The van der Waals surface area contributed by atoms with Crippen LogP contribution in [0, 0.1) is 5.82 Å². The maximum absolute atomic E-state index is 13.9. The molecule has 0 spiro atoms. The number of hydrogen-bond donors (Lipinski definition) is 1. The zero-order valence-electron chi connectivity index (χ0n) is 21.9. The van der Waals surface area contributed by atoms with E-state index >= 15 is 0 Å². The smallest absolute Gasteiger partial charge is 0.264 e. The van der Waals surface area contributed by atoms with Crippen LogP contribution >= 0.6 is 0 Å². The molecular formula is C29H34FN3O4S. The van der Waals surface area contributed by atoms with Crippen molar-refractivity contribution in [2.45, 2.75) is 51.1 Å². The van der Waals surface area contributed by atoms with Gasteiger partial charge < -0.3 is 10.2 Å². The molecule has 38 heavy (non-hydrogen) atoms. The Morgan fingerprint density at radius 2 is 1.55 bits per heavy atom. The number of carbonyl (C=O) groups is 2. The molecule has 0 heterocycles. The van der Waals surface area contributed by atoms with Gasteiger partial charge in [0.05, 0.1) is 10.6 Å². The number of rotatable bonds is 12. The van der Waals surface area contributed by atoms with Crippen molar-refractivity contribution in [3.8, 4) is 0 Å². The molecule has 0 aliphatic rings. The summed E-state index contributed by atoms with van der Waals surface area (Å²) in [5, 5.41) is 2.80. The molecule has 0 aliphatic carbocycles. The van der Waals surface area contributed by atoms with E-state index in [0.717, 1.165) is 16.3 Å². The van der Waals surface area contributed by atoms with Gasteiger partial charge in [0.25, 0.3) is 10.0 Å². The van der Waals surface area contributed by atoms with Gasteiger partial charge in [0.15, 0.2) is 0 Å². The predicted octanol–water partition coefficient (Wildman–Crippen LogP) is 4.53. The Morgan fingerprint density at radius 1 is 0.921 bits per heavy atom. The van der Waals surface area contributed by atoms with Gasteiger partial charge in [-0.15, -0.1) is 0 Å². The van der Waals surface area contributed by atoms with Gasteiger partial charge in [0.2, 0.25) is 11.8 Å². The van der Waals surface area contributed by atoms with Gasteiger partial charge in [-0.2, -0.15) is 0 Å². The summed E-state index contributed by atoms with van der Waals surface area (Å²) in [6, 6.07) is 19.7. The van der Waals surface area contributed by atoms with E-state index < -0.39 is 34.3 Å². The summed E-state index contributed by atoms with van der Waals surface area (Å²) in [7, 11) is -4.12. The number of benzene rings is 3. The van der Waals surface area contributed by atoms with Gasteiger partial charge in [-0.25, -0.2) is 12.8 Å². The summed E-state index contributed by atoms with van der Waals surface area (Å²) in [6.45, 7) is 5.37. The molecule has 3 aromatic rings. The molecule has 0 saturated heterocycles. The lowest BCUT2D eigenvalue weighted by Crippen LogP contribution is -2.51. The summed E-state index contributed by atoms with van der Waals surface area (Å²) >= 11 is 0. The van der Waals surface area contributed by atoms with Crippen LogP contribution in [0.5, 0.6) is 0 Å². The molecule has 0 fully saturated rings.